The highest BCUT2D eigenvalue weighted by Crippen LogP contribution is 2.27. The number of nitrogens with zero attached hydrogens (tertiary/aromatic N) is 3. The Hall–Kier alpha value is -1.99. The van der Waals surface area contributed by atoms with E-state index in [1.165, 1.54) is 11.3 Å². The van der Waals surface area contributed by atoms with E-state index in [0.717, 1.165) is 21.0 Å². The van der Waals surface area contributed by atoms with E-state index in [4.69, 9.17) is 0 Å². The van der Waals surface area contributed by atoms with E-state index in [9.17, 15) is 4.79 Å². The Morgan fingerprint density at radius 1 is 1.33 bits per heavy atom. The first kappa shape index (κ1) is 14.0. The maximum absolute atomic E-state index is 12.0. The van der Waals surface area contributed by atoms with Gasteiger partial charge in [-0.1, -0.05) is 23.5 Å². The third-order valence-corrected chi connectivity index (χ3v) is 4.88. The molecule has 0 fully saturated rings. The lowest BCUT2D eigenvalue weighted by Gasteiger charge is -2.14. The number of rotatable bonds is 4. The molecule has 0 aliphatic carbocycles. The van der Waals surface area contributed by atoms with Gasteiger partial charge >= 0.3 is 0 Å². The first-order valence-electron chi connectivity index (χ1n) is 6.40. The fraction of sp³-hybridized carbons (Fsp3) is 0.214. The fourth-order valence-corrected chi connectivity index (χ4v) is 3.51. The fourth-order valence-electron chi connectivity index (χ4n) is 1.88. The minimum atomic E-state index is -0.0916. The van der Waals surface area contributed by atoms with Crippen molar-refractivity contribution < 1.29 is 4.79 Å². The van der Waals surface area contributed by atoms with Gasteiger partial charge in [-0.05, 0) is 19.1 Å². The van der Waals surface area contributed by atoms with Crippen LogP contribution in [0.3, 0.4) is 0 Å². The first-order valence-corrected chi connectivity index (χ1v) is 8.10. The van der Waals surface area contributed by atoms with Gasteiger partial charge in [-0.25, -0.2) is 9.97 Å². The van der Waals surface area contributed by atoms with Crippen LogP contribution in [0.4, 0.5) is 10.3 Å². The van der Waals surface area contributed by atoms with Crippen molar-refractivity contribution >= 4 is 49.1 Å². The summed E-state index contributed by atoms with van der Waals surface area (Å²) >= 11 is 3.01. The molecule has 5 nitrogen and oxygen atoms in total. The third-order valence-electron chi connectivity index (χ3n) is 2.86. The topological polar surface area (TPSA) is 58.1 Å². The largest absolute Gasteiger partial charge is 0.342 e. The number of para-hydroxylation sites is 1. The number of thiazole rings is 2. The monoisotopic (exact) mass is 318 g/mol. The molecule has 7 heteroatoms. The number of aryl methyl sites for hydroxylation is 1. The molecule has 1 amide bonds. The standard InChI is InChI=1S/C14H14N4OS2/c1-9-8-20-13(15-9)17-12(19)7-18(2)14-16-10-5-3-4-6-11(10)21-14/h3-6,8H,7H2,1-2H3,(H,15,17,19). The third kappa shape index (κ3) is 3.20. The van der Waals surface area contributed by atoms with Crippen LogP contribution in [0.5, 0.6) is 0 Å². The van der Waals surface area contributed by atoms with E-state index in [-0.39, 0.29) is 12.5 Å². The van der Waals surface area contributed by atoms with Gasteiger partial charge in [0.25, 0.3) is 0 Å². The molecule has 2 heterocycles. The van der Waals surface area contributed by atoms with E-state index in [0.29, 0.717) is 5.13 Å². The summed E-state index contributed by atoms with van der Waals surface area (Å²) in [6, 6.07) is 7.95. The number of carbonyl (C=O) groups is 1. The van der Waals surface area contributed by atoms with Crippen molar-refractivity contribution in [2.24, 2.45) is 0 Å². The predicted molar refractivity (Wildman–Crippen MR) is 88.4 cm³/mol. The molecule has 1 aromatic carbocycles. The second-order valence-corrected chi connectivity index (χ2v) is 6.53. The molecule has 3 aromatic rings. The summed E-state index contributed by atoms with van der Waals surface area (Å²) < 4.78 is 1.12. The van der Waals surface area contributed by atoms with Gasteiger partial charge in [0.05, 0.1) is 22.5 Å². The van der Waals surface area contributed by atoms with Crippen LogP contribution in [0.2, 0.25) is 0 Å². The lowest BCUT2D eigenvalue weighted by Crippen LogP contribution is -2.29. The molecule has 1 N–H and O–H groups in total. The van der Waals surface area contributed by atoms with Crippen LogP contribution in [-0.4, -0.2) is 29.5 Å². The summed E-state index contributed by atoms with van der Waals surface area (Å²) in [6.07, 6.45) is 0. The molecule has 0 aliphatic rings. The Morgan fingerprint density at radius 2 is 2.14 bits per heavy atom. The van der Waals surface area contributed by atoms with Crippen LogP contribution in [-0.2, 0) is 4.79 Å². The van der Waals surface area contributed by atoms with Crippen LogP contribution >= 0.6 is 22.7 Å². The van der Waals surface area contributed by atoms with Crippen LogP contribution in [0.15, 0.2) is 29.6 Å². The summed E-state index contributed by atoms with van der Waals surface area (Å²) in [5.41, 5.74) is 1.87. The number of likely N-dealkylation sites (N-methyl/N-ethyl adjacent to an activating group) is 1. The number of hydrogen-bond donors (Lipinski definition) is 1. The second kappa shape index (κ2) is 5.79. The lowest BCUT2D eigenvalue weighted by atomic mass is 10.3. The van der Waals surface area contributed by atoms with Crippen molar-refractivity contribution in [3.8, 4) is 0 Å². The van der Waals surface area contributed by atoms with Crippen molar-refractivity contribution in [2.75, 3.05) is 23.8 Å². The Balaban J connectivity index is 1.67. The Morgan fingerprint density at radius 3 is 2.86 bits per heavy atom. The average molecular weight is 318 g/mol. The Labute approximate surface area is 130 Å². The minimum absolute atomic E-state index is 0.0916. The summed E-state index contributed by atoms with van der Waals surface area (Å²) in [5, 5.41) is 6.18. The number of aromatic nitrogens is 2. The number of anilines is 2. The maximum atomic E-state index is 12.0. The number of benzene rings is 1. The predicted octanol–water partition coefficient (Wildman–Crippen LogP) is 3.14. The summed E-state index contributed by atoms with van der Waals surface area (Å²) in [5.74, 6) is -0.0916. The zero-order chi connectivity index (χ0) is 14.8. The van der Waals surface area contributed by atoms with Crippen molar-refractivity contribution in [3.63, 3.8) is 0 Å². The van der Waals surface area contributed by atoms with Gasteiger partial charge < -0.3 is 10.2 Å². The molecule has 21 heavy (non-hydrogen) atoms. The molecular formula is C14H14N4OS2. The van der Waals surface area contributed by atoms with Crippen LogP contribution < -0.4 is 10.2 Å². The highest BCUT2D eigenvalue weighted by atomic mass is 32.1. The SMILES string of the molecule is Cc1csc(NC(=O)CN(C)c2nc3ccccc3s2)n1. The van der Waals surface area contributed by atoms with Crippen molar-refractivity contribution in [1.29, 1.82) is 0 Å². The number of fused-ring (bicyclic) bond motifs is 1. The van der Waals surface area contributed by atoms with Crippen LogP contribution in [0.1, 0.15) is 5.69 Å². The first-order chi connectivity index (χ1) is 10.1. The van der Waals surface area contributed by atoms with Crippen molar-refractivity contribution in [3.05, 3.63) is 35.3 Å². The zero-order valence-corrected chi connectivity index (χ0v) is 13.3. The second-order valence-electron chi connectivity index (χ2n) is 4.66. The number of hydrogen-bond acceptors (Lipinski definition) is 6. The molecule has 3 rings (SSSR count). The van der Waals surface area contributed by atoms with E-state index >= 15 is 0 Å². The van der Waals surface area contributed by atoms with Crippen molar-refractivity contribution in [2.45, 2.75) is 6.92 Å². The number of nitrogens with one attached hydrogen (secondary N) is 1. The highest BCUT2D eigenvalue weighted by Gasteiger charge is 2.13. The number of carbonyl (C=O) groups excluding carboxylic acids is 1. The minimum Gasteiger partial charge on any atom is -0.342 e. The van der Waals surface area contributed by atoms with Crippen LogP contribution in [0, 0.1) is 6.92 Å². The van der Waals surface area contributed by atoms with Crippen molar-refractivity contribution in [1.82, 2.24) is 9.97 Å². The van der Waals surface area contributed by atoms with Gasteiger partial charge in [0.2, 0.25) is 5.91 Å². The van der Waals surface area contributed by atoms with Gasteiger partial charge in [-0.15, -0.1) is 11.3 Å². The number of amides is 1. The van der Waals surface area contributed by atoms with Gasteiger partial charge in [0.15, 0.2) is 10.3 Å². The van der Waals surface area contributed by atoms with Gasteiger partial charge in [0.1, 0.15) is 0 Å². The molecule has 0 saturated heterocycles. The highest BCUT2D eigenvalue weighted by molar-refractivity contribution is 7.22. The molecule has 0 atom stereocenters. The summed E-state index contributed by atoms with van der Waals surface area (Å²) in [4.78, 5) is 22.6. The zero-order valence-electron chi connectivity index (χ0n) is 11.7. The molecule has 0 spiro atoms. The van der Waals surface area contributed by atoms with E-state index in [1.54, 1.807) is 11.3 Å². The quantitative estimate of drug-likeness (QED) is 0.803. The molecule has 0 bridgehead atoms. The summed E-state index contributed by atoms with van der Waals surface area (Å²) in [6.45, 7) is 2.15. The molecule has 0 saturated carbocycles. The molecule has 0 unspecified atom stereocenters. The van der Waals surface area contributed by atoms with E-state index < -0.39 is 0 Å². The smallest absolute Gasteiger partial charge is 0.245 e. The average Bonchev–Trinajstić information content (AvgIpc) is 3.04. The molecular weight excluding hydrogens is 304 g/mol. The van der Waals surface area contributed by atoms with Crippen LogP contribution in [0.25, 0.3) is 10.2 Å². The Bertz CT molecular complexity index is 747. The van der Waals surface area contributed by atoms with E-state index in [1.807, 2.05) is 48.5 Å². The molecule has 108 valence electrons. The lowest BCUT2D eigenvalue weighted by molar-refractivity contribution is -0.114. The normalized spacial score (nSPS) is 10.8. The Kier molecular flexibility index (Phi) is 3.85. The summed E-state index contributed by atoms with van der Waals surface area (Å²) in [7, 11) is 1.87. The van der Waals surface area contributed by atoms with E-state index in [2.05, 4.69) is 15.3 Å². The maximum Gasteiger partial charge on any atom is 0.245 e. The van der Waals surface area contributed by atoms with Gasteiger partial charge in [-0.2, -0.15) is 0 Å². The van der Waals surface area contributed by atoms with Gasteiger partial charge in [-0.3, -0.25) is 4.79 Å². The molecule has 0 aliphatic heterocycles. The molecule has 2 aromatic heterocycles. The van der Waals surface area contributed by atoms with Gasteiger partial charge in [0, 0.05) is 12.4 Å². The molecule has 0 radical (unpaired) electrons.